The van der Waals surface area contributed by atoms with Crippen LogP contribution in [0.4, 0.5) is 4.39 Å². The van der Waals surface area contributed by atoms with Crippen molar-refractivity contribution < 1.29 is 13.9 Å². The molecule has 1 aromatic heterocycles. The minimum absolute atomic E-state index is 0.0269. The van der Waals surface area contributed by atoms with Crippen LogP contribution in [0.5, 0.6) is 11.6 Å². The van der Waals surface area contributed by atoms with Crippen molar-refractivity contribution in [3.8, 4) is 11.6 Å². The van der Waals surface area contributed by atoms with E-state index in [-0.39, 0.29) is 17.6 Å². The number of hydrogen-bond acceptors (Lipinski definition) is 4. The highest BCUT2D eigenvalue weighted by Crippen LogP contribution is 2.31. The van der Waals surface area contributed by atoms with E-state index in [0.29, 0.717) is 30.6 Å². The van der Waals surface area contributed by atoms with Gasteiger partial charge in [0, 0.05) is 24.7 Å². The molecular weight excluding hydrogens is 321 g/mol. The summed E-state index contributed by atoms with van der Waals surface area (Å²) in [4.78, 5) is 16.5. The average Bonchev–Trinajstić information content (AvgIpc) is 3.12. The summed E-state index contributed by atoms with van der Waals surface area (Å²) in [6.45, 7) is 0.992. The lowest BCUT2D eigenvalue weighted by Crippen LogP contribution is -2.34. The van der Waals surface area contributed by atoms with Crippen molar-refractivity contribution >= 4 is 5.91 Å². The van der Waals surface area contributed by atoms with Crippen molar-refractivity contribution in [3.63, 3.8) is 0 Å². The summed E-state index contributed by atoms with van der Waals surface area (Å²) in [5, 5.41) is 2.96. The molecule has 1 heterocycles. The standard InChI is InChI=1S/C19H22FN3O2/c20-15-5-7-16(8-6-15)25-18-9-4-13(11-22-18)12-23-19(24)17-3-1-2-14(17)10-21/h4-9,11,14,17H,1-3,10,12,21H2,(H,23,24)/t14-,17-/m1/s1. The molecule has 25 heavy (non-hydrogen) atoms. The van der Waals surface area contributed by atoms with E-state index in [9.17, 15) is 9.18 Å². The molecule has 1 aliphatic rings. The van der Waals surface area contributed by atoms with Crippen LogP contribution in [-0.2, 0) is 11.3 Å². The number of carbonyl (C=O) groups is 1. The number of benzene rings is 1. The normalized spacial score (nSPS) is 19.6. The molecule has 0 aliphatic heterocycles. The molecule has 0 unspecified atom stereocenters. The molecule has 1 amide bonds. The van der Waals surface area contributed by atoms with E-state index in [2.05, 4.69) is 10.3 Å². The van der Waals surface area contributed by atoms with Crippen molar-refractivity contribution in [2.75, 3.05) is 6.54 Å². The summed E-state index contributed by atoms with van der Waals surface area (Å²) in [6, 6.07) is 9.32. The van der Waals surface area contributed by atoms with E-state index in [0.717, 1.165) is 24.8 Å². The Morgan fingerprint density at radius 2 is 2.04 bits per heavy atom. The Labute approximate surface area is 146 Å². The topological polar surface area (TPSA) is 77.2 Å². The Kier molecular flexibility index (Phi) is 5.60. The maximum atomic E-state index is 12.9. The third-order valence-corrected chi connectivity index (χ3v) is 4.60. The monoisotopic (exact) mass is 343 g/mol. The van der Waals surface area contributed by atoms with Crippen LogP contribution in [0.15, 0.2) is 42.6 Å². The molecule has 0 saturated heterocycles. The fourth-order valence-corrected chi connectivity index (χ4v) is 3.18. The summed E-state index contributed by atoms with van der Waals surface area (Å²) < 4.78 is 18.4. The molecule has 1 fully saturated rings. The summed E-state index contributed by atoms with van der Waals surface area (Å²) in [6.07, 6.45) is 4.67. The number of halogens is 1. The van der Waals surface area contributed by atoms with Crippen molar-refractivity contribution in [3.05, 3.63) is 54.0 Å². The second-order valence-electron chi connectivity index (χ2n) is 6.31. The number of pyridine rings is 1. The SMILES string of the molecule is NC[C@H]1CCC[C@H]1C(=O)NCc1ccc(Oc2ccc(F)cc2)nc1. The first kappa shape index (κ1) is 17.4. The van der Waals surface area contributed by atoms with Gasteiger partial charge >= 0.3 is 0 Å². The Morgan fingerprint density at radius 1 is 1.24 bits per heavy atom. The van der Waals surface area contributed by atoms with Gasteiger partial charge in [-0.05, 0) is 55.1 Å². The largest absolute Gasteiger partial charge is 0.439 e. The van der Waals surface area contributed by atoms with Crippen LogP contribution in [0, 0.1) is 17.7 Å². The van der Waals surface area contributed by atoms with E-state index in [4.69, 9.17) is 10.5 Å². The van der Waals surface area contributed by atoms with E-state index < -0.39 is 0 Å². The second-order valence-corrected chi connectivity index (χ2v) is 6.31. The predicted molar refractivity (Wildman–Crippen MR) is 92.4 cm³/mol. The van der Waals surface area contributed by atoms with E-state index >= 15 is 0 Å². The van der Waals surface area contributed by atoms with E-state index in [1.807, 2.05) is 6.07 Å². The van der Waals surface area contributed by atoms with Crippen molar-refractivity contribution in [2.45, 2.75) is 25.8 Å². The van der Waals surface area contributed by atoms with Gasteiger partial charge in [0.2, 0.25) is 11.8 Å². The van der Waals surface area contributed by atoms with Crippen LogP contribution in [0.2, 0.25) is 0 Å². The summed E-state index contributed by atoms with van der Waals surface area (Å²) in [5.41, 5.74) is 6.62. The highest BCUT2D eigenvalue weighted by atomic mass is 19.1. The van der Waals surface area contributed by atoms with Crippen LogP contribution in [-0.4, -0.2) is 17.4 Å². The van der Waals surface area contributed by atoms with Gasteiger partial charge in [-0.3, -0.25) is 4.79 Å². The number of ether oxygens (including phenoxy) is 1. The van der Waals surface area contributed by atoms with Gasteiger partial charge in [-0.2, -0.15) is 0 Å². The van der Waals surface area contributed by atoms with Crippen LogP contribution < -0.4 is 15.8 Å². The van der Waals surface area contributed by atoms with Gasteiger partial charge in [-0.15, -0.1) is 0 Å². The third kappa shape index (κ3) is 4.54. The van der Waals surface area contributed by atoms with E-state index in [1.165, 1.54) is 12.1 Å². The average molecular weight is 343 g/mol. The molecule has 0 radical (unpaired) electrons. The maximum Gasteiger partial charge on any atom is 0.223 e. The smallest absolute Gasteiger partial charge is 0.223 e. The fraction of sp³-hybridized carbons (Fsp3) is 0.368. The minimum Gasteiger partial charge on any atom is -0.439 e. The lowest BCUT2D eigenvalue weighted by atomic mass is 9.95. The van der Waals surface area contributed by atoms with Crippen LogP contribution in [0.3, 0.4) is 0 Å². The van der Waals surface area contributed by atoms with Gasteiger partial charge in [0.05, 0.1) is 0 Å². The van der Waals surface area contributed by atoms with E-state index in [1.54, 1.807) is 24.4 Å². The first-order valence-corrected chi connectivity index (χ1v) is 8.52. The van der Waals surface area contributed by atoms with Gasteiger partial charge in [0.15, 0.2) is 0 Å². The molecule has 132 valence electrons. The molecule has 3 N–H and O–H groups in total. The highest BCUT2D eigenvalue weighted by Gasteiger charge is 2.31. The van der Waals surface area contributed by atoms with Crippen LogP contribution in [0.1, 0.15) is 24.8 Å². The molecule has 5 nitrogen and oxygen atoms in total. The maximum absolute atomic E-state index is 12.9. The summed E-state index contributed by atoms with van der Waals surface area (Å²) in [5.74, 6) is 1.01. The summed E-state index contributed by atoms with van der Waals surface area (Å²) in [7, 11) is 0. The molecule has 0 bridgehead atoms. The molecule has 3 rings (SSSR count). The molecule has 1 saturated carbocycles. The van der Waals surface area contributed by atoms with Gasteiger partial charge in [-0.25, -0.2) is 9.37 Å². The number of rotatable bonds is 6. The molecule has 6 heteroatoms. The van der Waals surface area contributed by atoms with Crippen molar-refractivity contribution in [1.82, 2.24) is 10.3 Å². The molecular formula is C19H22FN3O2. The van der Waals surface area contributed by atoms with Crippen LogP contribution in [0.25, 0.3) is 0 Å². The highest BCUT2D eigenvalue weighted by molar-refractivity contribution is 5.79. The molecule has 2 atom stereocenters. The first-order valence-electron chi connectivity index (χ1n) is 8.52. The number of nitrogens with one attached hydrogen (secondary N) is 1. The van der Waals surface area contributed by atoms with Gasteiger partial charge in [0.25, 0.3) is 0 Å². The second kappa shape index (κ2) is 8.07. The quantitative estimate of drug-likeness (QED) is 0.845. The number of aromatic nitrogens is 1. The Bertz CT molecular complexity index is 704. The number of hydrogen-bond donors (Lipinski definition) is 2. The molecule has 1 aliphatic carbocycles. The molecule has 2 aromatic rings. The summed E-state index contributed by atoms with van der Waals surface area (Å²) >= 11 is 0. The Balaban J connectivity index is 1.52. The van der Waals surface area contributed by atoms with Crippen molar-refractivity contribution in [1.29, 1.82) is 0 Å². The number of carbonyl (C=O) groups excluding carboxylic acids is 1. The number of nitrogens with zero attached hydrogens (tertiary/aromatic N) is 1. The molecule has 0 spiro atoms. The minimum atomic E-state index is -0.314. The van der Waals surface area contributed by atoms with Gasteiger partial charge in [-0.1, -0.05) is 12.5 Å². The lowest BCUT2D eigenvalue weighted by molar-refractivity contribution is -0.126. The fourth-order valence-electron chi connectivity index (χ4n) is 3.18. The van der Waals surface area contributed by atoms with Gasteiger partial charge < -0.3 is 15.8 Å². The number of amides is 1. The predicted octanol–water partition coefficient (Wildman–Crippen LogP) is 3.00. The Hall–Kier alpha value is -2.47. The number of nitrogens with two attached hydrogens (primary N) is 1. The van der Waals surface area contributed by atoms with Gasteiger partial charge in [0.1, 0.15) is 11.6 Å². The Morgan fingerprint density at radius 3 is 2.72 bits per heavy atom. The zero-order valence-corrected chi connectivity index (χ0v) is 14.0. The van der Waals surface area contributed by atoms with Crippen molar-refractivity contribution in [2.24, 2.45) is 17.6 Å². The lowest BCUT2D eigenvalue weighted by Gasteiger charge is -2.17. The molecule has 1 aromatic carbocycles. The zero-order valence-electron chi connectivity index (χ0n) is 14.0. The zero-order chi connectivity index (χ0) is 17.6. The third-order valence-electron chi connectivity index (χ3n) is 4.60. The van der Waals surface area contributed by atoms with Crippen LogP contribution >= 0.6 is 0 Å². The first-order chi connectivity index (χ1) is 12.2.